The molecule has 1 unspecified atom stereocenters. The van der Waals surface area contributed by atoms with Crippen LogP contribution in [0.25, 0.3) is 11.8 Å². The van der Waals surface area contributed by atoms with Crippen LogP contribution < -0.4 is 37.9 Å². The van der Waals surface area contributed by atoms with E-state index < -0.39 is 5.60 Å². The highest BCUT2D eigenvalue weighted by Gasteiger charge is 2.53. The first kappa shape index (κ1) is 29.5. The Balaban J connectivity index is 1.79. The fraction of sp³-hybridized carbons (Fsp3) is 0.194. The molecular weight excluding hydrogens is 576 g/mol. The zero-order chi connectivity index (χ0) is 31.7. The largest absolute Gasteiger partial charge is 0.496 e. The number of ketones is 1. The molecule has 0 aromatic heterocycles. The molecule has 6 rings (SSSR count). The molecule has 2 heterocycles. The van der Waals surface area contributed by atoms with Gasteiger partial charge in [-0.3, -0.25) is 4.79 Å². The minimum Gasteiger partial charge on any atom is -0.496 e. The molecule has 0 bridgehead atoms. The minimum absolute atomic E-state index is 0.263. The molecule has 0 saturated heterocycles. The van der Waals surface area contributed by atoms with Crippen LogP contribution in [0.4, 0.5) is 0 Å². The molecule has 9 heteroatoms. The number of carbonyl (C=O) groups excluding carboxylic acids is 1. The van der Waals surface area contributed by atoms with Gasteiger partial charge in [-0.15, -0.1) is 0 Å². The van der Waals surface area contributed by atoms with Crippen LogP contribution in [0.3, 0.4) is 0 Å². The Labute approximate surface area is 261 Å². The first-order valence-corrected chi connectivity index (χ1v) is 14.1. The number of hydrogen-bond donors (Lipinski definition) is 0. The molecule has 1 atom stereocenters. The average molecular weight is 609 g/mol. The smallest absolute Gasteiger partial charge is 0.204 e. The van der Waals surface area contributed by atoms with Crippen LogP contribution in [0.1, 0.15) is 27.0 Å². The molecule has 4 aromatic rings. The normalized spacial score (nSPS) is 16.1. The SMILES string of the molecule is COc1cc(OC)c(OC)c2c1C=C(C(=O)c1ccccc1)C1(C=C(c3ccccc3)Oc3c(OC)c(OC)cc(OC)c31)O2. The fourth-order valence-corrected chi connectivity index (χ4v) is 5.79. The van der Waals surface area contributed by atoms with E-state index in [1.165, 1.54) is 42.7 Å². The van der Waals surface area contributed by atoms with E-state index in [-0.39, 0.29) is 17.1 Å². The summed E-state index contributed by atoms with van der Waals surface area (Å²) in [5.41, 5.74) is 0.734. The number of methoxy groups -OCH3 is 6. The lowest BCUT2D eigenvalue weighted by Crippen LogP contribution is -2.41. The summed E-state index contributed by atoms with van der Waals surface area (Å²) < 4.78 is 48.5. The van der Waals surface area contributed by atoms with Crippen LogP contribution >= 0.6 is 0 Å². The van der Waals surface area contributed by atoms with E-state index in [2.05, 4.69) is 0 Å². The standard InChI is InChI=1S/C36H32O9/c1-38-25-18-27(40-3)33(42-5)32-23(25)17-24(31(37)22-15-11-8-12-16-22)36(45-32)20-29(21-13-9-7-10-14-21)44-35-30(36)26(39-2)19-28(41-4)34(35)43-6/h7-20H,1-6H3. The van der Waals surface area contributed by atoms with Crippen molar-refractivity contribution in [1.29, 1.82) is 0 Å². The van der Waals surface area contributed by atoms with Crippen molar-refractivity contribution in [3.05, 3.63) is 107 Å². The van der Waals surface area contributed by atoms with E-state index in [9.17, 15) is 4.79 Å². The summed E-state index contributed by atoms with van der Waals surface area (Å²) >= 11 is 0. The number of hydrogen-bond acceptors (Lipinski definition) is 9. The fourth-order valence-electron chi connectivity index (χ4n) is 5.79. The molecule has 9 nitrogen and oxygen atoms in total. The van der Waals surface area contributed by atoms with Gasteiger partial charge in [0.15, 0.2) is 34.4 Å². The zero-order valence-corrected chi connectivity index (χ0v) is 25.8. The number of Topliss-reactive ketones (excluding diaryl/α,β-unsaturated/α-hetero) is 1. The van der Waals surface area contributed by atoms with Crippen LogP contribution in [0, 0.1) is 0 Å². The van der Waals surface area contributed by atoms with Crippen LogP contribution in [0.2, 0.25) is 0 Å². The van der Waals surface area contributed by atoms with E-state index in [1.54, 1.807) is 36.4 Å². The molecule has 230 valence electrons. The third-order valence-electron chi connectivity index (χ3n) is 7.86. The maximum absolute atomic E-state index is 14.7. The molecule has 2 aliphatic rings. The maximum atomic E-state index is 14.7. The quantitative estimate of drug-likeness (QED) is 0.192. The molecule has 0 radical (unpaired) electrons. The van der Waals surface area contributed by atoms with Crippen molar-refractivity contribution in [1.82, 2.24) is 0 Å². The van der Waals surface area contributed by atoms with Crippen molar-refractivity contribution in [2.45, 2.75) is 5.60 Å². The van der Waals surface area contributed by atoms with E-state index >= 15 is 0 Å². The average Bonchev–Trinajstić information content (AvgIpc) is 3.10. The Hall–Kier alpha value is -5.57. The highest BCUT2D eigenvalue weighted by atomic mass is 16.6. The van der Waals surface area contributed by atoms with Gasteiger partial charge in [0.1, 0.15) is 17.3 Å². The van der Waals surface area contributed by atoms with Crippen molar-refractivity contribution in [2.75, 3.05) is 42.7 Å². The lowest BCUT2D eigenvalue weighted by Gasteiger charge is -2.42. The van der Waals surface area contributed by atoms with Crippen LogP contribution in [-0.2, 0) is 5.60 Å². The summed E-state index contributed by atoms with van der Waals surface area (Å²) in [5, 5.41) is 0. The highest BCUT2D eigenvalue weighted by molar-refractivity contribution is 6.14. The number of benzene rings is 4. The summed E-state index contributed by atoms with van der Waals surface area (Å²) in [6.07, 6.45) is 3.54. The Bertz CT molecular complexity index is 1830. The topological polar surface area (TPSA) is 90.9 Å². The Morgan fingerprint density at radius 2 is 1.20 bits per heavy atom. The summed E-state index contributed by atoms with van der Waals surface area (Å²) in [5.74, 6) is 2.83. The predicted octanol–water partition coefficient (Wildman–Crippen LogP) is 6.73. The highest BCUT2D eigenvalue weighted by Crippen LogP contribution is 2.61. The van der Waals surface area contributed by atoms with Crippen molar-refractivity contribution in [3.63, 3.8) is 0 Å². The first-order valence-electron chi connectivity index (χ1n) is 14.1. The van der Waals surface area contributed by atoms with E-state index in [4.69, 9.17) is 37.9 Å². The number of ether oxygens (including phenoxy) is 8. The number of fused-ring (bicyclic) bond motifs is 3. The minimum atomic E-state index is -1.63. The molecular formula is C36H32O9. The molecule has 0 N–H and O–H groups in total. The van der Waals surface area contributed by atoms with Gasteiger partial charge in [0.2, 0.25) is 11.5 Å². The molecule has 2 aliphatic heterocycles. The lowest BCUT2D eigenvalue weighted by molar-refractivity contribution is 0.0909. The van der Waals surface area contributed by atoms with Gasteiger partial charge in [0.25, 0.3) is 0 Å². The van der Waals surface area contributed by atoms with Crippen LogP contribution in [0.5, 0.6) is 46.0 Å². The van der Waals surface area contributed by atoms with Gasteiger partial charge >= 0.3 is 0 Å². The van der Waals surface area contributed by atoms with Gasteiger partial charge in [-0.2, -0.15) is 0 Å². The summed E-state index contributed by atoms with van der Waals surface area (Å²) in [7, 11) is 9.15. The monoisotopic (exact) mass is 608 g/mol. The molecule has 0 saturated carbocycles. The van der Waals surface area contributed by atoms with Gasteiger partial charge in [-0.1, -0.05) is 60.7 Å². The van der Waals surface area contributed by atoms with Gasteiger partial charge in [0.05, 0.1) is 59.4 Å². The van der Waals surface area contributed by atoms with Crippen molar-refractivity contribution in [3.8, 4) is 46.0 Å². The molecule has 0 aliphatic carbocycles. The van der Waals surface area contributed by atoms with Gasteiger partial charge in [0, 0.05) is 29.3 Å². The van der Waals surface area contributed by atoms with E-state index in [1.807, 2.05) is 48.5 Å². The van der Waals surface area contributed by atoms with E-state index in [0.29, 0.717) is 62.7 Å². The first-order chi connectivity index (χ1) is 21.9. The van der Waals surface area contributed by atoms with Gasteiger partial charge in [-0.05, 0) is 6.08 Å². The Kier molecular flexibility index (Phi) is 7.76. The molecule has 0 fully saturated rings. The van der Waals surface area contributed by atoms with E-state index in [0.717, 1.165) is 5.56 Å². The van der Waals surface area contributed by atoms with Crippen LogP contribution in [-0.4, -0.2) is 48.4 Å². The molecule has 45 heavy (non-hydrogen) atoms. The van der Waals surface area contributed by atoms with Crippen molar-refractivity contribution < 1.29 is 42.7 Å². The second-order valence-electron chi connectivity index (χ2n) is 10.1. The van der Waals surface area contributed by atoms with Crippen LogP contribution in [0.15, 0.2) is 84.4 Å². The third kappa shape index (κ3) is 4.68. The lowest BCUT2D eigenvalue weighted by atomic mass is 9.76. The summed E-state index contributed by atoms with van der Waals surface area (Å²) in [4.78, 5) is 14.7. The third-order valence-corrected chi connectivity index (χ3v) is 7.86. The molecule has 1 spiro atoms. The number of rotatable bonds is 9. The number of carbonyl (C=O) groups is 1. The van der Waals surface area contributed by atoms with Crippen molar-refractivity contribution >= 4 is 17.6 Å². The second kappa shape index (κ2) is 11.8. The predicted molar refractivity (Wildman–Crippen MR) is 168 cm³/mol. The maximum Gasteiger partial charge on any atom is 0.204 e. The van der Waals surface area contributed by atoms with Gasteiger partial charge < -0.3 is 37.9 Å². The molecule has 0 amide bonds. The second-order valence-corrected chi connectivity index (χ2v) is 10.1. The van der Waals surface area contributed by atoms with Gasteiger partial charge in [-0.25, -0.2) is 0 Å². The Morgan fingerprint density at radius 3 is 1.78 bits per heavy atom. The molecule has 4 aromatic carbocycles. The zero-order valence-electron chi connectivity index (χ0n) is 25.8. The van der Waals surface area contributed by atoms with Crippen molar-refractivity contribution in [2.24, 2.45) is 0 Å². The summed E-state index contributed by atoms with van der Waals surface area (Å²) in [6.45, 7) is 0. The summed E-state index contributed by atoms with van der Waals surface area (Å²) in [6, 6.07) is 21.9. The Morgan fingerprint density at radius 1 is 0.644 bits per heavy atom.